The van der Waals surface area contributed by atoms with Gasteiger partial charge >= 0.3 is 0 Å². The number of carbonyl (C=O) groups excluding carboxylic acids is 2. The molecule has 0 atom stereocenters. The molecule has 0 unspecified atom stereocenters. The summed E-state index contributed by atoms with van der Waals surface area (Å²) in [5.41, 5.74) is -1.56. The fourth-order valence-electron chi connectivity index (χ4n) is 1.90. The summed E-state index contributed by atoms with van der Waals surface area (Å²) >= 11 is 0. The summed E-state index contributed by atoms with van der Waals surface area (Å²) in [4.78, 5) is 23.9. The van der Waals surface area contributed by atoms with Crippen LogP contribution in [0.1, 0.15) is 27.1 Å². The first-order valence-corrected chi connectivity index (χ1v) is 5.07. The van der Waals surface area contributed by atoms with Crippen molar-refractivity contribution >= 4 is 11.6 Å². The molecular formula is C13H9NO3. The highest BCUT2D eigenvalue weighted by Gasteiger charge is 2.50. The molecule has 17 heavy (non-hydrogen) atoms. The number of rotatable bonds is 2. The second-order valence-electron chi connectivity index (χ2n) is 3.80. The van der Waals surface area contributed by atoms with E-state index in [2.05, 4.69) is 0 Å². The number of fused-ring (bicyclic) bond motifs is 1. The molecule has 0 aromatic heterocycles. The van der Waals surface area contributed by atoms with E-state index >= 15 is 0 Å². The number of benzene rings is 1. The third kappa shape index (κ3) is 1.57. The quantitative estimate of drug-likeness (QED) is 0.609. The first-order valence-electron chi connectivity index (χ1n) is 5.07. The summed E-state index contributed by atoms with van der Waals surface area (Å²) in [5, 5.41) is 18.5. The number of allylic oxidation sites excluding steroid dienone is 1. The van der Waals surface area contributed by atoms with Crippen LogP contribution in [0, 0.1) is 11.3 Å². The van der Waals surface area contributed by atoms with Crippen LogP contribution in [0.3, 0.4) is 0 Å². The Morgan fingerprint density at radius 2 is 1.76 bits per heavy atom. The number of nitriles is 1. The van der Waals surface area contributed by atoms with E-state index in [0.29, 0.717) is 0 Å². The highest BCUT2D eigenvalue weighted by molar-refractivity contribution is 6.31. The maximum atomic E-state index is 11.9. The van der Waals surface area contributed by atoms with Crippen molar-refractivity contribution in [1.29, 1.82) is 5.26 Å². The zero-order valence-corrected chi connectivity index (χ0v) is 8.88. The SMILES string of the molecule is N#C/C=C/CC1(O)C(=O)c2ccccc2C1=O. The monoisotopic (exact) mass is 227 g/mol. The van der Waals surface area contributed by atoms with Crippen LogP contribution in [0.15, 0.2) is 36.4 Å². The van der Waals surface area contributed by atoms with Crippen molar-refractivity contribution < 1.29 is 14.7 Å². The summed E-state index contributed by atoms with van der Waals surface area (Å²) in [7, 11) is 0. The van der Waals surface area contributed by atoms with Gasteiger partial charge in [-0.05, 0) is 0 Å². The van der Waals surface area contributed by atoms with Crippen LogP contribution in [0.2, 0.25) is 0 Å². The van der Waals surface area contributed by atoms with Gasteiger partial charge in [-0.1, -0.05) is 30.3 Å². The predicted molar refractivity (Wildman–Crippen MR) is 59.4 cm³/mol. The Hall–Kier alpha value is -2.25. The molecule has 4 nitrogen and oxygen atoms in total. The molecule has 0 fully saturated rings. The van der Waals surface area contributed by atoms with Crippen LogP contribution in [-0.4, -0.2) is 22.3 Å². The molecule has 1 aliphatic rings. The van der Waals surface area contributed by atoms with Gasteiger partial charge in [0, 0.05) is 23.6 Å². The number of aliphatic hydroxyl groups is 1. The summed E-state index contributed by atoms with van der Waals surface area (Å²) < 4.78 is 0. The van der Waals surface area contributed by atoms with Gasteiger partial charge in [0.05, 0.1) is 6.07 Å². The topological polar surface area (TPSA) is 78.2 Å². The molecule has 0 heterocycles. The summed E-state index contributed by atoms with van der Waals surface area (Å²) in [6, 6.07) is 8.06. The lowest BCUT2D eigenvalue weighted by molar-refractivity contribution is 0.0344. The Morgan fingerprint density at radius 3 is 2.24 bits per heavy atom. The van der Waals surface area contributed by atoms with Crippen molar-refractivity contribution in [3.8, 4) is 6.07 Å². The summed E-state index contributed by atoms with van der Waals surface area (Å²) in [6.07, 6.45) is 2.29. The van der Waals surface area contributed by atoms with Crippen LogP contribution in [0.25, 0.3) is 0 Å². The first kappa shape index (κ1) is 11.2. The lowest BCUT2D eigenvalue weighted by atomic mass is 9.93. The van der Waals surface area contributed by atoms with E-state index in [1.807, 2.05) is 0 Å². The van der Waals surface area contributed by atoms with Crippen LogP contribution in [0.4, 0.5) is 0 Å². The van der Waals surface area contributed by atoms with E-state index in [0.717, 1.165) is 6.08 Å². The number of hydrogen-bond donors (Lipinski definition) is 1. The fraction of sp³-hybridized carbons (Fsp3) is 0.154. The highest BCUT2D eigenvalue weighted by Crippen LogP contribution is 2.32. The molecule has 1 aromatic carbocycles. The lowest BCUT2D eigenvalue weighted by Gasteiger charge is -2.15. The number of Topliss-reactive ketones (excluding diaryl/α,β-unsaturated/α-hetero) is 2. The molecule has 1 aromatic rings. The Balaban J connectivity index is 2.42. The maximum absolute atomic E-state index is 11.9. The average molecular weight is 227 g/mol. The van der Waals surface area contributed by atoms with Crippen LogP contribution >= 0.6 is 0 Å². The van der Waals surface area contributed by atoms with Crippen LogP contribution in [0.5, 0.6) is 0 Å². The van der Waals surface area contributed by atoms with E-state index in [1.54, 1.807) is 18.2 Å². The molecule has 0 spiro atoms. The van der Waals surface area contributed by atoms with Gasteiger partial charge in [0.25, 0.3) is 0 Å². The van der Waals surface area contributed by atoms with Crippen molar-refractivity contribution in [2.45, 2.75) is 12.0 Å². The van der Waals surface area contributed by atoms with Crippen molar-refractivity contribution in [2.24, 2.45) is 0 Å². The van der Waals surface area contributed by atoms with Gasteiger partial charge in [-0.2, -0.15) is 5.26 Å². The Kier molecular flexibility index (Phi) is 2.62. The van der Waals surface area contributed by atoms with Crippen molar-refractivity contribution in [3.63, 3.8) is 0 Å². The fourth-order valence-corrected chi connectivity index (χ4v) is 1.90. The van der Waals surface area contributed by atoms with Crippen LogP contribution in [-0.2, 0) is 0 Å². The van der Waals surface area contributed by atoms with Gasteiger partial charge in [-0.3, -0.25) is 9.59 Å². The van der Waals surface area contributed by atoms with E-state index in [-0.39, 0.29) is 17.5 Å². The first-order chi connectivity index (χ1) is 8.11. The van der Waals surface area contributed by atoms with Gasteiger partial charge in [0.2, 0.25) is 11.6 Å². The molecule has 2 rings (SSSR count). The van der Waals surface area contributed by atoms with Crippen molar-refractivity contribution in [3.05, 3.63) is 47.5 Å². The molecular weight excluding hydrogens is 218 g/mol. The van der Waals surface area contributed by atoms with E-state index < -0.39 is 17.2 Å². The average Bonchev–Trinajstić information content (AvgIpc) is 2.54. The zero-order valence-electron chi connectivity index (χ0n) is 8.88. The number of ketones is 2. The van der Waals surface area contributed by atoms with Gasteiger partial charge in [-0.15, -0.1) is 0 Å². The predicted octanol–water partition coefficient (Wildman–Crippen LogP) is 1.27. The molecule has 0 saturated heterocycles. The number of nitrogens with zero attached hydrogens (tertiary/aromatic N) is 1. The van der Waals surface area contributed by atoms with Gasteiger partial charge in [0.1, 0.15) is 0 Å². The largest absolute Gasteiger partial charge is 0.374 e. The van der Waals surface area contributed by atoms with Crippen molar-refractivity contribution in [2.75, 3.05) is 0 Å². The van der Waals surface area contributed by atoms with Crippen LogP contribution < -0.4 is 0 Å². The van der Waals surface area contributed by atoms with E-state index in [1.165, 1.54) is 18.2 Å². The Bertz CT molecular complexity index is 531. The number of hydrogen-bond acceptors (Lipinski definition) is 4. The summed E-state index contributed by atoms with van der Waals surface area (Å²) in [5.74, 6) is -1.19. The minimum atomic E-state index is -2.04. The Morgan fingerprint density at radius 1 is 1.24 bits per heavy atom. The standard InChI is InChI=1S/C13H9NO3/c14-8-4-3-7-13(17)11(15)9-5-1-2-6-10(9)12(13)16/h1-6,17H,7H2/b4-3+. The molecule has 1 aliphatic carbocycles. The highest BCUT2D eigenvalue weighted by atomic mass is 16.3. The third-order valence-electron chi connectivity index (χ3n) is 2.77. The molecule has 0 bridgehead atoms. The minimum Gasteiger partial charge on any atom is -0.374 e. The molecule has 1 N–H and O–H groups in total. The summed E-state index contributed by atoms with van der Waals surface area (Å²) in [6.45, 7) is 0. The van der Waals surface area contributed by atoms with Gasteiger partial charge in [-0.25, -0.2) is 0 Å². The molecule has 0 saturated carbocycles. The molecule has 0 radical (unpaired) electrons. The third-order valence-corrected chi connectivity index (χ3v) is 2.77. The second kappa shape index (κ2) is 3.96. The Labute approximate surface area is 97.8 Å². The molecule has 0 amide bonds. The normalized spacial score (nSPS) is 17.2. The lowest BCUT2D eigenvalue weighted by Crippen LogP contribution is -2.40. The van der Waals surface area contributed by atoms with Gasteiger partial charge < -0.3 is 5.11 Å². The molecule has 4 heteroatoms. The van der Waals surface area contributed by atoms with E-state index in [4.69, 9.17) is 5.26 Å². The molecule has 0 aliphatic heterocycles. The maximum Gasteiger partial charge on any atom is 0.203 e. The minimum absolute atomic E-state index is 0.174. The smallest absolute Gasteiger partial charge is 0.203 e. The molecule has 84 valence electrons. The van der Waals surface area contributed by atoms with Gasteiger partial charge in [0.15, 0.2) is 5.60 Å². The number of carbonyl (C=O) groups is 2. The van der Waals surface area contributed by atoms with Crippen molar-refractivity contribution in [1.82, 2.24) is 0 Å². The van der Waals surface area contributed by atoms with E-state index in [9.17, 15) is 14.7 Å². The second-order valence-corrected chi connectivity index (χ2v) is 3.80. The zero-order chi connectivity index (χ0) is 12.5.